The van der Waals surface area contributed by atoms with Crippen LogP contribution in [0.15, 0.2) is 41.4 Å². The first kappa shape index (κ1) is 18.6. The van der Waals surface area contributed by atoms with Gasteiger partial charge in [0, 0.05) is 18.3 Å². The van der Waals surface area contributed by atoms with Crippen molar-refractivity contribution in [1.29, 1.82) is 0 Å². The number of hydrogen-bond donors (Lipinski definition) is 1. The number of benzene rings is 1. The summed E-state index contributed by atoms with van der Waals surface area (Å²) in [6, 6.07) is 7.76. The molecule has 138 valence electrons. The molecule has 0 radical (unpaired) electrons. The zero-order chi connectivity index (χ0) is 18.9. The van der Waals surface area contributed by atoms with Crippen LogP contribution in [0.3, 0.4) is 0 Å². The Labute approximate surface area is 157 Å². The van der Waals surface area contributed by atoms with Crippen LogP contribution in [-0.2, 0) is 21.4 Å². The lowest BCUT2D eigenvalue weighted by Crippen LogP contribution is -2.37. The molecule has 1 N–H and O–H groups in total. The molecule has 1 aliphatic heterocycles. The van der Waals surface area contributed by atoms with Crippen molar-refractivity contribution in [2.75, 3.05) is 11.9 Å². The number of ether oxygens (including phenoxy) is 1. The molecule has 2 aromatic rings. The molecule has 1 amide bonds. The molecule has 1 aromatic carbocycles. The van der Waals surface area contributed by atoms with Crippen LogP contribution in [0.4, 0.5) is 5.69 Å². The number of anilines is 1. The second-order valence-electron chi connectivity index (χ2n) is 6.08. The second kappa shape index (κ2) is 7.22. The summed E-state index contributed by atoms with van der Waals surface area (Å²) in [6.07, 6.45) is 1.61. The van der Waals surface area contributed by atoms with Crippen molar-refractivity contribution in [2.45, 2.75) is 31.3 Å². The Morgan fingerprint density at radius 3 is 2.77 bits per heavy atom. The van der Waals surface area contributed by atoms with Gasteiger partial charge in [-0.1, -0.05) is 17.7 Å². The number of sulfonamides is 1. The van der Waals surface area contributed by atoms with Crippen molar-refractivity contribution in [2.24, 2.45) is 0 Å². The Hall–Kier alpha value is -2.16. The Morgan fingerprint density at radius 1 is 1.35 bits per heavy atom. The van der Waals surface area contributed by atoms with Gasteiger partial charge in [-0.05, 0) is 32.0 Å². The van der Waals surface area contributed by atoms with Gasteiger partial charge in [-0.25, -0.2) is 8.42 Å². The molecule has 0 bridgehead atoms. The van der Waals surface area contributed by atoms with Gasteiger partial charge in [0.25, 0.3) is 5.91 Å². The zero-order valence-corrected chi connectivity index (χ0v) is 15.8. The van der Waals surface area contributed by atoms with Gasteiger partial charge in [-0.3, -0.25) is 9.78 Å². The largest absolute Gasteiger partial charge is 0.482 e. The molecular formula is C17H18ClN3O4S. The predicted molar refractivity (Wildman–Crippen MR) is 97.7 cm³/mol. The van der Waals surface area contributed by atoms with Crippen LogP contribution in [0.1, 0.15) is 19.5 Å². The van der Waals surface area contributed by atoms with Gasteiger partial charge in [-0.15, -0.1) is 0 Å². The lowest BCUT2D eigenvalue weighted by Gasteiger charge is -2.27. The molecular weight excluding hydrogens is 378 g/mol. The minimum atomic E-state index is -3.91. The normalized spacial score (nSPS) is 14.1. The topological polar surface area (TPSA) is 88.6 Å². The SMILES string of the molecule is CC(C)N(Cc1ccccn1)S(=O)(=O)c1cc2c(cc1Cl)NC(=O)CO2. The highest BCUT2D eigenvalue weighted by atomic mass is 35.5. The van der Waals surface area contributed by atoms with E-state index in [1.165, 1.54) is 16.4 Å². The maximum absolute atomic E-state index is 13.2. The van der Waals surface area contributed by atoms with E-state index in [0.29, 0.717) is 11.4 Å². The maximum Gasteiger partial charge on any atom is 0.262 e. The van der Waals surface area contributed by atoms with Gasteiger partial charge in [0.1, 0.15) is 10.6 Å². The van der Waals surface area contributed by atoms with E-state index in [1.807, 2.05) is 0 Å². The third-order valence-electron chi connectivity index (χ3n) is 3.87. The first-order chi connectivity index (χ1) is 12.3. The monoisotopic (exact) mass is 395 g/mol. The summed E-state index contributed by atoms with van der Waals surface area (Å²) < 4.78 is 33.1. The van der Waals surface area contributed by atoms with E-state index in [2.05, 4.69) is 10.3 Å². The molecule has 1 aliphatic rings. The Kier molecular flexibility index (Phi) is 5.17. The number of hydrogen-bond acceptors (Lipinski definition) is 5. The summed E-state index contributed by atoms with van der Waals surface area (Å²) in [5, 5.41) is 2.62. The molecule has 0 atom stereocenters. The number of halogens is 1. The van der Waals surface area contributed by atoms with Gasteiger partial charge >= 0.3 is 0 Å². The van der Waals surface area contributed by atoms with E-state index < -0.39 is 10.0 Å². The molecule has 0 fully saturated rings. The van der Waals surface area contributed by atoms with Crippen LogP contribution in [-0.4, -0.2) is 36.3 Å². The summed E-state index contributed by atoms with van der Waals surface area (Å²) >= 11 is 6.22. The smallest absolute Gasteiger partial charge is 0.262 e. The molecule has 26 heavy (non-hydrogen) atoms. The van der Waals surface area contributed by atoms with E-state index in [9.17, 15) is 13.2 Å². The highest BCUT2D eigenvalue weighted by Crippen LogP contribution is 2.37. The fraction of sp³-hybridized carbons (Fsp3) is 0.294. The minimum Gasteiger partial charge on any atom is -0.482 e. The number of amides is 1. The van der Waals surface area contributed by atoms with Crippen LogP contribution in [0.5, 0.6) is 5.75 Å². The summed E-state index contributed by atoms with van der Waals surface area (Å²) in [5.74, 6) is -0.0442. The highest BCUT2D eigenvalue weighted by molar-refractivity contribution is 7.89. The molecule has 0 saturated carbocycles. The molecule has 0 aliphatic carbocycles. The van der Waals surface area contributed by atoms with E-state index >= 15 is 0 Å². The van der Waals surface area contributed by atoms with Crippen molar-refractivity contribution >= 4 is 33.2 Å². The molecule has 0 saturated heterocycles. The summed E-state index contributed by atoms with van der Waals surface area (Å²) in [4.78, 5) is 15.5. The maximum atomic E-state index is 13.2. The number of pyridine rings is 1. The van der Waals surface area contributed by atoms with Crippen LogP contribution in [0, 0.1) is 0 Å². The minimum absolute atomic E-state index is 0.0150. The number of nitrogens with zero attached hydrogens (tertiary/aromatic N) is 2. The van der Waals surface area contributed by atoms with Crippen LogP contribution in [0.2, 0.25) is 5.02 Å². The van der Waals surface area contributed by atoms with Gasteiger partial charge in [0.2, 0.25) is 10.0 Å². The van der Waals surface area contributed by atoms with E-state index in [-0.39, 0.29) is 40.8 Å². The van der Waals surface area contributed by atoms with Crippen molar-refractivity contribution < 1.29 is 17.9 Å². The highest BCUT2D eigenvalue weighted by Gasteiger charge is 2.31. The first-order valence-corrected chi connectivity index (χ1v) is 9.79. The number of nitrogens with one attached hydrogen (secondary N) is 1. The van der Waals surface area contributed by atoms with Crippen molar-refractivity contribution in [3.63, 3.8) is 0 Å². The molecule has 2 heterocycles. The summed E-state index contributed by atoms with van der Waals surface area (Å²) in [6.45, 7) is 3.51. The third kappa shape index (κ3) is 3.67. The van der Waals surface area contributed by atoms with Crippen LogP contribution in [0.25, 0.3) is 0 Å². The number of carbonyl (C=O) groups is 1. The molecule has 7 nitrogen and oxygen atoms in total. The van der Waals surface area contributed by atoms with Gasteiger partial charge in [0.15, 0.2) is 6.61 Å². The fourth-order valence-corrected chi connectivity index (χ4v) is 4.73. The summed E-state index contributed by atoms with van der Waals surface area (Å²) in [7, 11) is -3.91. The average Bonchev–Trinajstić information content (AvgIpc) is 2.59. The zero-order valence-electron chi connectivity index (χ0n) is 14.3. The first-order valence-electron chi connectivity index (χ1n) is 7.97. The molecule has 0 spiro atoms. The fourth-order valence-electron chi connectivity index (χ4n) is 2.60. The number of rotatable bonds is 5. The van der Waals surface area contributed by atoms with Crippen molar-refractivity contribution in [1.82, 2.24) is 9.29 Å². The Morgan fingerprint density at radius 2 is 2.12 bits per heavy atom. The van der Waals surface area contributed by atoms with Gasteiger partial charge < -0.3 is 10.1 Å². The molecule has 1 aromatic heterocycles. The van der Waals surface area contributed by atoms with Gasteiger partial charge in [-0.2, -0.15) is 4.31 Å². The lowest BCUT2D eigenvalue weighted by atomic mass is 10.2. The Balaban J connectivity index is 2.01. The van der Waals surface area contributed by atoms with Crippen molar-refractivity contribution in [3.8, 4) is 5.75 Å². The number of carbonyl (C=O) groups excluding carboxylic acids is 1. The van der Waals surface area contributed by atoms with Crippen molar-refractivity contribution in [3.05, 3.63) is 47.2 Å². The molecule has 9 heteroatoms. The van der Waals surface area contributed by atoms with Crippen LogP contribution >= 0.6 is 11.6 Å². The molecule has 3 rings (SSSR count). The van der Waals surface area contributed by atoms with E-state index in [1.54, 1.807) is 38.2 Å². The van der Waals surface area contributed by atoms with Crippen LogP contribution < -0.4 is 10.1 Å². The summed E-state index contributed by atoms with van der Waals surface area (Å²) in [5.41, 5.74) is 0.980. The van der Waals surface area contributed by atoms with Gasteiger partial charge in [0.05, 0.1) is 22.9 Å². The predicted octanol–water partition coefficient (Wildman–Crippen LogP) is 2.67. The van der Waals surface area contributed by atoms with E-state index in [0.717, 1.165) is 0 Å². The average molecular weight is 396 g/mol. The Bertz CT molecular complexity index is 933. The third-order valence-corrected chi connectivity index (χ3v) is 6.36. The lowest BCUT2D eigenvalue weighted by molar-refractivity contribution is -0.118. The second-order valence-corrected chi connectivity index (χ2v) is 8.35. The quantitative estimate of drug-likeness (QED) is 0.840. The number of fused-ring (bicyclic) bond motifs is 1. The standard InChI is InChI=1S/C17H18ClN3O4S/c1-11(2)21(9-12-5-3-4-6-19-12)26(23,24)16-8-15-14(7-13(16)18)20-17(22)10-25-15/h3-8,11H,9-10H2,1-2H3,(H,20,22). The van der Waals surface area contributed by atoms with E-state index in [4.69, 9.17) is 16.3 Å². The number of aromatic nitrogens is 1. The molecule has 0 unspecified atom stereocenters.